The van der Waals surface area contributed by atoms with Crippen LogP contribution in [0.25, 0.3) is 0 Å². The molecule has 2 nitrogen and oxygen atoms in total. The van der Waals surface area contributed by atoms with Crippen molar-refractivity contribution in [3.8, 4) is 5.75 Å². The van der Waals surface area contributed by atoms with Crippen molar-refractivity contribution >= 4 is 0 Å². The van der Waals surface area contributed by atoms with E-state index in [1.54, 1.807) is 0 Å². The van der Waals surface area contributed by atoms with E-state index in [-0.39, 0.29) is 0 Å². The highest BCUT2D eigenvalue weighted by Gasteiger charge is 2.21. The summed E-state index contributed by atoms with van der Waals surface area (Å²) >= 11 is 0. The number of fused-ring (bicyclic) bond motifs is 1. The number of ether oxygens (including phenoxy) is 1. The van der Waals surface area contributed by atoms with Gasteiger partial charge in [-0.2, -0.15) is 0 Å². The van der Waals surface area contributed by atoms with Gasteiger partial charge in [0.2, 0.25) is 0 Å². The zero-order chi connectivity index (χ0) is 14.8. The largest absolute Gasteiger partial charge is 0.493 e. The van der Waals surface area contributed by atoms with Crippen molar-refractivity contribution in [1.29, 1.82) is 0 Å². The molecule has 110 valence electrons. The van der Waals surface area contributed by atoms with E-state index in [2.05, 4.69) is 55.6 Å². The van der Waals surface area contributed by atoms with Crippen molar-refractivity contribution in [3.63, 3.8) is 0 Å². The minimum atomic E-state index is 0.292. The average Bonchev–Trinajstić information content (AvgIpc) is 2.97. The van der Waals surface area contributed by atoms with Crippen LogP contribution in [0.2, 0.25) is 0 Å². The molecule has 1 unspecified atom stereocenters. The molecule has 2 aromatic carbocycles. The van der Waals surface area contributed by atoms with Crippen molar-refractivity contribution < 1.29 is 4.74 Å². The second kappa shape index (κ2) is 5.90. The Morgan fingerprint density at radius 2 is 2.00 bits per heavy atom. The number of hydrogen-bond acceptors (Lipinski definition) is 2. The summed E-state index contributed by atoms with van der Waals surface area (Å²) in [5, 5.41) is 3.45. The van der Waals surface area contributed by atoms with Crippen LogP contribution >= 0.6 is 0 Å². The quantitative estimate of drug-likeness (QED) is 0.921. The van der Waals surface area contributed by atoms with Gasteiger partial charge in [-0.25, -0.2) is 0 Å². The average molecular weight is 281 g/mol. The van der Waals surface area contributed by atoms with E-state index in [1.807, 2.05) is 7.05 Å². The van der Waals surface area contributed by atoms with Crippen LogP contribution in [0, 0.1) is 13.8 Å². The number of nitrogens with one attached hydrogen (secondary N) is 1. The van der Waals surface area contributed by atoms with Crippen LogP contribution in [0.5, 0.6) is 5.75 Å². The van der Waals surface area contributed by atoms with Gasteiger partial charge in [-0.3, -0.25) is 0 Å². The molecule has 0 bridgehead atoms. The molecular formula is C19H23NO. The van der Waals surface area contributed by atoms with Crippen LogP contribution in [0.4, 0.5) is 0 Å². The van der Waals surface area contributed by atoms with Crippen LogP contribution in [0.15, 0.2) is 36.4 Å². The lowest BCUT2D eigenvalue weighted by atomic mass is 9.95. The van der Waals surface area contributed by atoms with Crippen LogP contribution in [0.3, 0.4) is 0 Å². The molecule has 0 aliphatic carbocycles. The monoisotopic (exact) mass is 281 g/mol. The molecule has 0 saturated carbocycles. The van der Waals surface area contributed by atoms with Gasteiger partial charge >= 0.3 is 0 Å². The number of para-hydroxylation sites is 1. The second-order valence-electron chi connectivity index (χ2n) is 5.90. The summed E-state index contributed by atoms with van der Waals surface area (Å²) in [6.07, 6.45) is 2.01. The zero-order valence-corrected chi connectivity index (χ0v) is 13.1. The summed E-state index contributed by atoms with van der Waals surface area (Å²) in [7, 11) is 2.03. The first-order chi connectivity index (χ1) is 10.2. The standard InChI is InChI=1S/C19H23NO/c1-13-7-8-15(11-14(13)2)12-18(20-3)17-6-4-5-16-9-10-21-19(16)17/h4-8,11,18,20H,9-10,12H2,1-3H3. The van der Waals surface area contributed by atoms with Gasteiger partial charge in [-0.1, -0.05) is 36.4 Å². The Bertz CT molecular complexity index is 648. The molecule has 2 heteroatoms. The zero-order valence-electron chi connectivity index (χ0n) is 13.1. The number of hydrogen-bond donors (Lipinski definition) is 1. The first-order valence-corrected chi connectivity index (χ1v) is 7.67. The fourth-order valence-corrected chi connectivity index (χ4v) is 3.05. The summed E-state index contributed by atoms with van der Waals surface area (Å²) in [5.74, 6) is 1.10. The molecule has 3 rings (SSSR count). The van der Waals surface area contributed by atoms with Crippen molar-refractivity contribution in [2.45, 2.75) is 32.7 Å². The summed E-state index contributed by atoms with van der Waals surface area (Å²) in [4.78, 5) is 0. The van der Waals surface area contributed by atoms with E-state index < -0.39 is 0 Å². The van der Waals surface area contributed by atoms with E-state index in [0.29, 0.717) is 6.04 Å². The Morgan fingerprint density at radius 3 is 2.76 bits per heavy atom. The van der Waals surface area contributed by atoms with E-state index in [4.69, 9.17) is 4.74 Å². The molecule has 0 radical (unpaired) electrons. The Kier molecular flexibility index (Phi) is 3.98. The Hall–Kier alpha value is -1.80. The maximum atomic E-state index is 5.85. The third-order valence-electron chi connectivity index (χ3n) is 4.48. The maximum absolute atomic E-state index is 5.85. The Balaban J connectivity index is 1.89. The van der Waals surface area contributed by atoms with Crippen LogP contribution < -0.4 is 10.1 Å². The molecule has 1 aliphatic heterocycles. The van der Waals surface area contributed by atoms with Crippen LogP contribution in [0.1, 0.15) is 33.9 Å². The van der Waals surface area contributed by atoms with Crippen molar-refractivity contribution in [2.24, 2.45) is 0 Å². The van der Waals surface area contributed by atoms with Gasteiger partial charge in [0.25, 0.3) is 0 Å². The topological polar surface area (TPSA) is 21.3 Å². The molecule has 1 N–H and O–H groups in total. The number of aryl methyl sites for hydroxylation is 2. The molecule has 1 atom stereocenters. The van der Waals surface area contributed by atoms with Crippen molar-refractivity contribution in [2.75, 3.05) is 13.7 Å². The van der Waals surface area contributed by atoms with Gasteiger partial charge < -0.3 is 10.1 Å². The predicted octanol–water partition coefficient (Wildman–Crippen LogP) is 3.74. The fourth-order valence-electron chi connectivity index (χ4n) is 3.05. The van der Waals surface area contributed by atoms with E-state index in [9.17, 15) is 0 Å². The van der Waals surface area contributed by atoms with Crippen molar-refractivity contribution in [3.05, 3.63) is 64.2 Å². The molecule has 2 aromatic rings. The Labute approximate surface area is 127 Å². The molecule has 0 aromatic heterocycles. The van der Waals surface area contributed by atoms with Gasteiger partial charge in [0.1, 0.15) is 5.75 Å². The van der Waals surface area contributed by atoms with E-state index >= 15 is 0 Å². The number of likely N-dealkylation sites (N-methyl/N-ethyl adjacent to an activating group) is 1. The van der Waals surface area contributed by atoms with Gasteiger partial charge in [-0.15, -0.1) is 0 Å². The summed E-state index contributed by atoms with van der Waals surface area (Å²) in [6, 6.07) is 13.5. The van der Waals surface area contributed by atoms with Gasteiger partial charge in [-0.05, 0) is 49.6 Å². The van der Waals surface area contributed by atoms with E-state index in [0.717, 1.165) is 25.2 Å². The van der Waals surface area contributed by atoms with Gasteiger partial charge in [0, 0.05) is 18.0 Å². The normalized spacial score (nSPS) is 14.6. The lowest BCUT2D eigenvalue weighted by Crippen LogP contribution is -2.19. The lowest BCUT2D eigenvalue weighted by Gasteiger charge is -2.20. The highest BCUT2D eigenvalue weighted by atomic mass is 16.5. The molecule has 0 spiro atoms. The first kappa shape index (κ1) is 14.2. The van der Waals surface area contributed by atoms with Crippen molar-refractivity contribution in [1.82, 2.24) is 5.32 Å². The minimum absolute atomic E-state index is 0.292. The minimum Gasteiger partial charge on any atom is -0.493 e. The molecule has 0 saturated heterocycles. The highest BCUT2D eigenvalue weighted by Crippen LogP contribution is 2.34. The lowest BCUT2D eigenvalue weighted by molar-refractivity contribution is 0.349. The highest BCUT2D eigenvalue weighted by molar-refractivity contribution is 5.46. The molecule has 21 heavy (non-hydrogen) atoms. The molecule has 0 fully saturated rings. The van der Waals surface area contributed by atoms with E-state index in [1.165, 1.54) is 27.8 Å². The summed E-state index contributed by atoms with van der Waals surface area (Å²) < 4.78 is 5.85. The number of benzene rings is 2. The summed E-state index contributed by atoms with van der Waals surface area (Å²) in [5.41, 5.74) is 6.70. The Morgan fingerprint density at radius 1 is 1.14 bits per heavy atom. The van der Waals surface area contributed by atoms with Gasteiger partial charge in [0.05, 0.1) is 6.61 Å². The molecular weight excluding hydrogens is 258 g/mol. The molecule has 0 amide bonds. The van der Waals surface area contributed by atoms with Crippen LogP contribution in [-0.4, -0.2) is 13.7 Å². The third kappa shape index (κ3) is 2.81. The molecule has 1 heterocycles. The predicted molar refractivity (Wildman–Crippen MR) is 87.1 cm³/mol. The maximum Gasteiger partial charge on any atom is 0.127 e. The van der Waals surface area contributed by atoms with Gasteiger partial charge in [0.15, 0.2) is 0 Å². The smallest absolute Gasteiger partial charge is 0.127 e. The molecule has 1 aliphatic rings. The first-order valence-electron chi connectivity index (χ1n) is 7.67. The van der Waals surface area contributed by atoms with Crippen LogP contribution in [-0.2, 0) is 12.8 Å². The second-order valence-corrected chi connectivity index (χ2v) is 5.90. The summed E-state index contributed by atoms with van der Waals surface area (Å²) in [6.45, 7) is 5.15. The SMILES string of the molecule is CNC(Cc1ccc(C)c(C)c1)c1cccc2c1OCC2. The third-order valence-corrected chi connectivity index (χ3v) is 4.48. The fraction of sp³-hybridized carbons (Fsp3) is 0.368. The number of rotatable bonds is 4.